The molecule has 214 valence electrons. The number of nitrogens with one attached hydrogen (secondary N) is 1. The molecule has 1 fully saturated rings. The average Bonchev–Trinajstić information content (AvgIpc) is 3.46. The Labute approximate surface area is 249 Å². The Morgan fingerprint density at radius 1 is 1.15 bits per heavy atom. The Kier molecular flexibility index (Phi) is 12.4. The molecule has 0 spiro atoms. The topological polar surface area (TPSA) is 110 Å². The van der Waals surface area contributed by atoms with E-state index >= 15 is 0 Å². The van der Waals surface area contributed by atoms with Crippen LogP contribution in [0.4, 0.5) is 4.79 Å². The molecule has 0 heterocycles. The maximum absolute atomic E-state index is 12.6. The lowest BCUT2D eigenvalue weighted by Gasteiger charge is -2.13. The van der Waals surface area contributed by atoms with Crippen molar-refractivity contribution < 1.29 is 23.9 Å². The van der Waals surface area contributed by atoms with E-state index in [1.807, 2.05) is 70.4 Å². The summed E-state index contributed by atoms with van der Waals surface area (Å²) in [6.07, 6.45) is 3.62. The number of oxime groups is 1. The molecule has 2 aromatic carbocycles. The minimum atomic E-state index is -1.03. The third kappa shape index (κ3) is 10.1. The van der Waals surface area contributed by atoms with Crippen LogP contribution in [0.25, 0.3) is 0 Å². The highest BCUT2D eigenvalue weighted by Crippen LogP contribution is 2.60. The molecule has 0 bridgehead atoms. The average molecular weight is 607 g/mol. The number of benzene rings is 2. The number of carbonyl (C=O) groups is 2. The number of carbonyl (C=O) groups excluding carboxylic acids is 2. The molecule has 11 heteroatoms. The van der Waals surface area contributed by atoms with Gasteiger partial charge in [0, 0.05) is 17.4 Å². The summed E-state index contributed by atoms with van der Waals surface area (Å²) in [5.74, 6) is 0.289. The van der Waals surface area contributed by atoms with Crippen LogP contribution in [0.2, 0.25) is 0 Å². The van der Waals surface area contributed by atoms with E-state index in [9.17, 15) is 14.9 Å². The molecule has 3 rings (SSSR count). The second-order valence-corrected chi connectivity index (χ2v) is 12.4. The molecule has 3 unspecified atom stereocenters. The van der Waals surface area contributed by atoms with Gasteiger partial charge in [0.2, 0.25) is 6.10 Å². The van der Waals surface area contributed by atoms with Gasteiger partial charge < -0.3 is 14.8 Å². The predicted octanol–water partition coefficient (Wildman–Crippen LogP) is 7.65. The summed E-state index contributed by atoms with van der Waals surface area (Å²) in [5, 5.41) is 15.3. The van der Waals surface area contributed by atoms with Crippen LogP contribution in [0.15, 0.2) is 70.3 Å². The fourth-order valence-electron chi connectivity index (χ4n) is 3.60. The SMILES string of the molecule is CC1(C)C(C=C(Cl)Cl)C1C(=O)OC(C#N)c1cccc(Oc2ccccc2)c1.CNC(=O)O/N=C/C(C)(C)SC. The molecule has 40 heavy (non-hydrogen) atoms. The van der Waals surface area contributed by atoms with Gasteiger partial charge >= 0.3 is 12.1 Å². The van der Waals surface area contributed by atoms with Crippen molar-refractivity contribution >= 4 is 53.2 Å². The number of amides is 1. The molecule has 0 aromatic heterocycles. The van der Waals surface area contributed by atoms with Crippen LogP contribution < -0.4 is 10.1 Å². The van der Waals surface area contributed by atoms with E-state index in [-0.39, 0.29) is 26.5 Å². The van der Waals surface area contributed by atoms with E-state index in [1.165, 1.54) is 7.05 Å². The van der Waals surface area contributed by atoms with Gasteiger partial charge in [0.1, 0.15) is 22.1 Å². The molecule has 8 nitrogen and oxygen atoms in total. The molecule has 0 aliphatic heterocycles. The number of halogens is 2. The first-order chi connectivity index (χ1) is 18.8. The molecule has 1 saturated carbocycles. The van der Waals surface area contributed by atoms with E-state index in [4.69, 9.17) is 32.7 Å². The van der Waals surface area contributed by atoms with Gasteiger partial charge in [-0.05, 0) is 61.8 Å². The maximum Gasteiger partial charge on any atom is 0.433 e. The van der Waals surface area contributed by atoms with E-state index in [2.05, 4.69) is 15.3 Å². The van der Waals surface area contributed by atoms with Crippen LogP contribution in [-0.2, 0) is 14.4 Å². The van der Waals surface area contributed by atoms with Crippen molar-refractivity contribution in [1.29, 1.82) is 5.26 Å². The summed E-state index contributed by atoms with van der Waals surface area (Å²) in [6.45, 7) is 7.84. The van der Waals surface area contributed by atoms with Gasteiger partial charge in [-0.3, -0.25) is 9.63 Å². The van der Waals surface area contributed by atoms with Crippen LogP contribution in [0.5, 0.6) is 11.5 Å². The largest absolute Gasteiger partial charge is 0.457 e. The van der Waals surface area contributed by atoms with Crippen molar-refractivity contribution in [2.24, 2.45) is 22.4 Å². The number of para-hydroxylation sites is 1. The number of thioether (sulfide) groups is 1. The van der Waals surface area contributed by atoms with Crippen LogP contribution >= 0.6 is 35.0 Å². The van der Waals surface area contributed by atoms with Gasteiger partial charge in [-0.2, -0.15) is 17.0 Å². The smallest absolute Gasteiger partial charge is 0.433 e. The van der Waals surface area contributed by atoms with Crippen molar-refractivity contribution in [3.05, 3.63) is 70.7 Å². The number of hydrogen-bond acceptors (Lipinski definition) is 8. The zero-order chi connectivity index (χ0) is 29.9. The fourth-order valence-corrected chi connectivity index (χ4v) is 4.02. The van der Waals surface area contributed by atoms with E-state index < -0.39 is 18.2 Å². The summed E-state index contributed by atoms with van der Waals surface area (Å²) in [7, 11) is 1.48. The van der Waals surface area contributed by atoms with Crippen molar-refractivity contribution in [2.75, 3.05) is 13.3 Å². The lowest BCUT2D eigenvalue weighted by Crippen LogP contribution is -2.19. The normalized spacial score (nSPS) is 17.8. The Bertz CT molecular complexity index is 1260. The summed E-state index contributed by atoms with van der Waals surface area (Å²) < 4.78 is 11.3. The van der Waals surface area contributed by atoms with Crippen LogP contribution in [0.1, 0.15) is 39.4 Å². The third-order valence-corrected chi connectivity index (χ3v) is 7.60. The minimum absolute atomic E-state index is 0.103. The van der Waals surface area contributed by atoms with E-state index in [0.717, 1.165) is 0 Å². The summed E-state index contributed by atoms with van der Waals surface area (Å²) in [4.78, 5) is 27.6. The molecule has 1 aliphatic carbocycles. The summed E-state index contributed by atoms with van der Waals surface area (Å²) >= 11 is 13.1. The zero-order valence-corrected chi connectivity index (χ0v) is 25.5. The highest BCUT2D eigenvalue weighted by Gasteiger charge is 2.62. The van der Waals surface area contributed by atoms with Crippen LogP contribution in [0.3, 0.4) is 0 Å². The van der Waals surface area contributed by atoms with Crippen molar-refractivity contribution in [1.82, 2.24) is 5.32 Å². The molecule has 3 atom stereocenters. The molecule has 1 aliphatic rings. The van der Waals surface area contributed by atoms with Crippen LogP contribution in [-0.4, -0.2) is 36.3 Å². The Balaban J connectivity index is 0.000000395. The first-order valence-electron chi connectivity index (χ1n) is 12.3. The molecule has 0 radical (unpaired) electrons. The number of nitrogens with zero attached hydrogens (tertiary/aromatic N) is 2. The Morgan fingerprint density at radius 2 is 1.80 bits per heavy atom. The predicted molar refractivity (Wildman–Crippen MR) is 160 cm³/mol. The lowest BCUT2D eigenvalue weighted by atomic mass is 10.1. The van der Waals surface area contributed by atoms with Gasteiger partial charge in [-0.1, -0.05) is 72.5 Å². The molecular weight excluding hydrogens is 573 g/mol. The van der Waals surface area contributed by atoms with E-state index in [0.29, 0.717) is 17.1 Å². The Hall–Kier alpha value is -3.19. The number of hydrogen-bond donors (Lipinski definition) is 1. The quantitative estimate of drug-likeness (QED) is 0.135. The van der Waals surface area contributed by atoms with Gasteiger partial charge in [0.25, 0.3) is 0 Å². The minimum Gasteiger partial charge on any atom is -0.457 e. The molecule has 2 aromatic rings. The van der Waals surface area contributed by atoms with Gasteiger partial charge in [-0.15, -0.1) is 0 Å². The number of rotatable bonds is 9. The van der Waals surface area contributed by atoms with Gasteiger partial charge in [0.05, 0.1) is 12.1 Å². The first kappa shape index (κ1) is 33.0. The van der Waals surface area contributed by atoms with Gasteiger partial charge in [0.15, 0.2) is 0 Å². The van der Waals surface area contributed by atoms with Crippen molar-refractivity contribution in [3.63, 3.8) is 0 Å². The third-order valence-electron chi connectivity index (χ3n) is 6.19. The lowest BCUT2D eigenvalue weighted by molar-refractivity contribution is -0.149. The summed E-state index contributed by atoms with van der Waals surface area (Å²) in [6, 6.07) is 18.3. The van der Waals surface area contributed by atoms with E-state index in [1.54, 1.807) is 48.3 Å². The summed E-state index contributed by atoms with van der Waals surface area (Å²) in [5.41, 5.74) is 0.231. The van der Waals surface area contributed by atoms with Crippen LogP contribution in [0, 0.1) is 28.6 Å². The second kappa shape index (κ2) is 15.0. The fraction of sp³-hybridized carbons (Fsp3) is 0.379. The highest BCUT2D eigenvalue weighted by molar-refractivity contribution is 8.00. The molecule has 0 saturated heterocycles. The number of nitriles is 1. The second-order valence-electron chi connectivity index (χ2n) is 9.89. The molecular formula is C29H33Cl2N3O5S. The molecule has 1 amide bonds. The number of ether oxygens (including phenoxy) is 2. The van der Waals surface area contributed by atoms with Crippen molar-refractivity contribution in [2.45, 2.75) is 38.5 Å². The first-order valence-corrected chi connectivity index (χ1v) is 14.3. The van der Waals surface area contributed by atoms with Gasteiger partial charge in [-0.25, -0.2) is 4.79 Å². The van der Waals surface area contributed by atoms with Crippen molar-refractivity contribution in [3.8, 4) is 17.6 Å². The highest BCUT2D eigenvalue weighted by atomic mass is 35.5. The Morgan fingerprint density at radius 3 is 2.38 bits per heavy atom. The number of esters is 1. The number of allylic oxidation sites excluding steroid dienone is 1. The zero-order valence-electron chi connectivity index (χ0n) is 23.2. The molecule has 1 N–H and O–H groups in total. The monoisotopic (exact) mass is 605 g/mol. The standard InChI is InChI=1S/C22H19Cl2NO3.C7H14N2O2S/c1-22(2)17(12-19(23)24)20(22)21(26)28-18(13-25)14-7-6-10-16(11-14)27-15-8-4-3-5-9-15;1-7(2,12-4)5-9-11-6(10)8-3/h3-12,17-18,20H,1-2H3;5H,1-4H3,(H,8,10)/b;9-5+. The maximum atomic E-state index is 12.6.